The van der Waals surface area contributed by atoms with Crippen LogP contribution in [0, 0.1) is 0 Å². The maximum absolute atomic E-state index is 5.89. The average Bonchev–Trinajstić information content (AvgIpc) is 2.18. The molecule has 0 aliphatic rings. The highest BCUT2D eigenvalue weighted by Gasteiger charge is 1.99. The number of rotatable bonds is 5. The van der Waals surface area contributed by atoms with Crippen LogP contribution >= 0.6 is 35.0 Å². The molecule has 0 atom stereocenters. The van der Waals surface area contributed by atoms with Gasteiger partial charge < -0.3 is 5.32 Å². The normalized spacial score (nSPS) is 10.5. The van der Waals surface area contributed by atoms with Gasteiger partial charge in [-0.05, 0) is 24.7 Å². The summed E-state index contributed by atoms with van der Waals surface area (Å²) in [6.45, 7) is 4.13. The molecule has 0 saturated heterocycles. The van der Waals surface area contributed by atoms with Crippen molar-refractivity contribution in [2.45, 2.75) is 11.8 Å². The van der Waals surface area contributed by atoms with Gasteiger partial charge in [-0.1, -0.05) is 30.1 Å². The topological polar surface area (TPSA) is 12.0 Å². The van der Waals surface area contributed by atoms with Crippen LogP contribution in [0.1, 0.15) is 6.92 Å². The number of halogens is 2. The third kappa shape index (κ3) is 4.09. The van der Waals surface area contributed by atoms with E-state index in [-0.39, 0.29) is 0 Å². The number of nitrogens with one attached hydrogen (secondary N) is 1. The lowest BCUT2D eigenvalue weighted by Gasteiger charge is -2.03. The Balaban J connectivity index is 2.39. The molecule has 0 aromatic heterocycles. The van der Waals surface area contributed by atoms with E-state index in [9.17, 15) is 0 Å². The van der Waals surface area contributed by atoms with E-state index in [1.165, 1.54) is 0 Å². The lowest BCUT2D eigenvalue weighted by atomic mass is 10.4. The second kappa shape index (κ2) is 6.57. The van der Waals surface area contributed by atoms with Crippen LogP contribution in [0.25, 0.3) is 0 Å². The first-order valence-corrected chi connectivity index (χ1v) is 6.26. The third-order valence-electron chi connectivity index (χ3n) is 1.69. The number of benzene rings is 1. The molecule has 1 nitrogen and oxygen atoms in total. The van der Waals surface area contributed by atoms with Crippen molar-refractivity contribution < 1.29 is 0 Å². The predicted molar refractivity (Wildman–Crippen MR) is 65.7 cm³/mol. The van der Waals surface area contributed by atoms with Crippen LogP contribution in [0.4, 0.5) is 0 Å². The minimum Gasteiger partial charge on any atom is -0.316 e. The molecule has 0 amide bonds. The Morgan fingerprint density at radius 2 is 2.07 bits per heavy atom. The zero-order valence-corrected chi connectivity index (χ0v) is 10.3. The highest BCUT2D eigenvalue weighted by atomic mass is 35.5. The molecule has 0 bridgehead atoms. The Hall–Kier alpha value is 0.110. The Morgan fingerprint density at radius 3 is 2.71 bits per heavy atom. The van der Waals surface area contributed by atoms with Gasteiger partial charge in [0.05, 0.1) is 10.0 Å². The van der Waals surface area contributed by atoms with Crippen LogP contribution < -0.4 is 5.32 Å². The summed E-state index contributed by atoms with van der Waals surface area (Å²) in [5.74, 6) is 1.05. The van der Waals surface area contributed by atoms with Crippen LogP contribution in [0.5, 0.6) is 0 Å². The summed E-state index contributed by atoms with van der Waals surface area (Å²) >= 11 is 13.5. The van der Waals surface area contributed by atoms with Crippen molar-refractivity contribution >= 4 is 35.0 Å². The van der Waals surface area contributed by atoms with Gasteiger partial charge >= 0.3 is 0 Å². The molecular formula is C10H13Cl2NS. The number of hydrogen-bond acceptors (Lipinski definition) is 2. The largest absolute Gasteiger partial charge is 0.316 e. The van der Waals surface area contributed by atoms with E-state index < -0.39 is 0 Å². The van der Waals surface area contributed by atoms with Gasteiger partial charge in [0.25, 0.3) is 0 Å². The molecule has 0 aliphatic heterocycles. The molecule has 1 rings (SSSR count). The fourth-order valence-corrected chi connectivity index (χ4v) is 2.19. The van der Waals surface area contributed by atoms with E-state index in [2.05, 4.69) is 12.2 Å². The highest BCUT2D eigenvalue weighted by Crippen LogP contribution is 2.27. The summed E-state index contributed by atoms with van der Waals surface area (Å²) < 4.78 is 0. The number of hydrogen-bond donors (Lipinski definition) is 1. The van der Waals surface area contributed by atoms with Crippen molar-refractivity contribution in [3.63, 3.8) is 0 Å². The standard InChI is InChI=1S/C10H13Cl2NS/c1-2-13-5-6-14-8-3-4-9(11)10(12)7-8/h3-4,7,13H,2,5-6H2,1H3. The van der Waals surface area contributed by atoms with Crippen LogP contribution in [0.2, 0.25) is 10.0 Å². The first-order valence-electron chi connectivity index (χ1n) is 4.52. The molecule has 4 heteroatoms. The molecule has 14 heavy (non-hydrogen) atoms. The van der Waals surface area contributed by atoms with Crippen LogP contribution in [-0.2, 0) is 0 Å². The molecule has 1 N–H and O–H groups in total. The molecule has 0 radical (unpaired) electrons. The van der Waals surface area contributed by atoms with Crippen LogP contribution in [0.15, 0.2) is 23.1 Å². The summed E-state index contributed by atoms with van der Waals surface area (Å²) in [5.41, 5.74) is 0. The Kier molecular flexibility index (Phi) is 5.71. The van der Waals surface area contributed by atoms with Gasteiger partial charge in [0.15, 0.2) is 0 Å². The quantitative estimate of drug-likeness (QED) is 0.631. The molecule has 0 spiro atoms. The fourth-order valence-electron chi connectivity index (χ4n) is 0.984. The van der Waals surface area contributed by atoms with Crippen molar-refractivity contribution in [2.75, 3.05) is 18.8 Å². The summed E-state index contributed by atoms with van der Waals surface area (Å²) in [5, 5.41) is 4.50. The third-order valence-corrected chi connectivity index (χ3v) is 3.42. The van der Waals surface area contributed by atoms with Crippen molar-refractivity contribution in [3.8, 4) is 0 Å². The first kappa shape index (κ1) is 12.2. The molecule has 78 valence electrons. The van der Waals surface area contributed by atoms with Gasteiger partial charge in [-0.25, -0.2) is 0 Å². The van der Waals surface area contributed by atoms with Crippen molar-refractivity contribution in [3.05, 3.63) is 28.2 Å². The van der Waals surface area contributed by atoms with E-state index in [0.717, 1.165) is 23.7 Å². The number of thioether (sulfide) groups is 1. The van der Waals surface area contributed by atoms with E-state index in [0.29, 0.717) is 10.0 Å². The monoisotopic (exact) mass is 249 g/mol. The van der Waals surface area contributed by atoms with E-state index in [1.54, 1.807) is 11.8 Å². The minimum atomic E-state index is 0.614. The summed E-state index contributed by atoms with van der Waals surface area (Å²) in [7, 11) is 0. The zero-order valence-electron chi connectivity index (χ0n) is 8.02. The van der Waals surface area contributed by atoms with Gasteiger partial charge in [0, 0.05) is 17.2 Å². The van der Waals surface area contributed by atoms with Crippen molar-refractivity contribution in [2.24, 2.45) is 0 Å². The van der Waals surface area contributed by atoms with Crippen LogP contribution in [0.3, 0.4) is 0 Å². The highest BCUT2D eigenvalue weighted by molar-refractivity contribution is 7.99. The first-order chi connectivity index (χ1) is 6.74. The maximum atomic E-state index is 5.89. The summed E-state index contributed by atoms with van der Waals surface area (Å²) in [6, 6.07) is 5.73. The second-order valence-electron chi connectivity index (χ2n) is 2.78. The van der Waals surface area contributed by atoms with Gasteiger partial charge in [0.1, 0.15) is 0 Å². The van der Waals surface area contributed by atoms with Crippen molar-refractivity contribution in [1.29, 1.82) is 0 Å². The summed E-state index contributed by atoms with van der Waals surface area (Å²) in [4.78, 5) is 1.16. The SMILES string of the molecule is CCNCCSc1ccc(Cl)c(Cl)c1. The molecule has 0 heterocycles. The molecule has 0 fully saturated rings. The molecule has 1 aromatic rings. The Labute approximate surface area is 99.2 Å². The zero-order chi connectivity index (χ0) is 10.4. The van der Waals surface area contributed by atoms with E-state index in [1.807, 2.05) is 18.2 Å². The Morgan fingerprint density at radius 1 is 1.29 bits per heavy atom. The smallest absolute Gasteiger partial charge is 0.0603 e. The predicted octanol–water partition coefficient (Wildman–Crippen LogP) is 3.70. The molecular weight excluding hydrogens is 237 g/mol. The Bertz CT molecular complexity index is 291. The van der Waals surface area contributed by atoms with Crippen molar-refractivity contribution in [1.82, 2.24) is 5.32 Å². The fraction of sp³-hybridized carbons (Fsp3) is 0.400. The molecule has 0 saturated carbocycles. The van der Waals surface area contributed by atoms with E-state index in [4.69, 9.17) is 23.2 Å². The van der Waals surface area contributed by atoms with Gasteiger partial charge in [-0.2, -0.15) is 0 Å². The minimum absolute atomic E-state index is 0.614. The van der Waals surface area contributed by atoms with Gasteiger partial charge in [-0.15, -0.1) is 11.8 Å². The summed E-state index contributed by atoms with van der Waals surface area (Å²) in [6.07, 6.45) is 0. The maximum Gasteiger partial charge on any atom is 0.0603 e. The molecule has 1 aromatic carbocycles. The lowest BCUT2D eigenvalue weighted by Crippen LogP contribution is -2.15. The van der Waals surface area contributed by atoms with Gasteiger partial charge in [0.2, 0.25) is 0 Å². The molecule has 0 aliphatic carbocycles. The van der Waals surface area contributed by atoms with E-state index >= 15 is 0 Å². The second-order valence-corrected chi connectivity index (χ2v) is 4.76. The molecule has 0 unspecified atom stereocenters. The lowest BCUT2D eigenvalue weighted by molar-refractivity contribution is 0.768. The van der Waals surface area contributed by atoms with Gasteiger partial charge in [-0.3, -0.25) is 0 Å². The van der Waals surface area contributed by atoms with Crippen LogP contribution in [-0.4, -0.2) is 18.8 Å². The average molecular weight is 250 g/mol.